The van der Waals surface area contributed by atoms with Crippen LogP contribution in [0.2, 0.25) is 0 Å². The van der Waals surface area contributed by atoms with Gasteiger partial charge in [-0.25, -0.2) is 8.42 Å². The van der Waals surface area contributed by atoms with Crippen molar-refractivity contribution < 1.29 is 8.42 Å². The van der Waals surface area contributed by atoms with Crippen molar-refractivity contribution in [2.45, 2.75) is 24.3 Å². The van der Waals surface area contributed by atoms with E-state index in [-0.39, 0.29) is 6.04 Å². The van der Waals surface area contributed by atoms with Crippen LogP contribution in [0.1, 0.15) is 12.0 Å². The van der Waals surface area contributed by atoms with Gasteiger partial charge >= 0.3 is 0 Å². The summed E-state index contributed by atoms with van der Waals surface area (Å²) in [7, 11) is -1.77. The standard InChI is InChI=1S/C12H17BrN2O2S/c1-9-3-4-11(13)12(7-9)18(16,17)15(2)10-5-6-14-8-10/h3-4,7,10,14H,5-6,8H2,1-2H3. The van der Waals surface area contributed by atoms with Gasteiger partial charge in [0.05, 0.1) is 4.90 Å². The summed E-state index contributed by atoms with van der Waals surface area (Å²) in [5.41, 5.74) is 0.940. The molecule has 1 aliphatic rings. The lowest BCUT2D eigenvalue weighted by Gasteiger charge is -2.23. The highest BCUT2D eigenvalue weighted by Crippen LogP contribution is 2.27. The molecule has 1 atom stereocenters. The Balaban J connectivity index is 2.37. The minimum absolute atomic E-state index is 0.0439. The van der Waals surface area contributed by atoms with E-state index in [0.717, 1.165) is 25.1 Å². The van der Waals surface area contributed by atoms with Crippen LogP contribution in [0.4, 0.5) is 0 Å². The summed E-state index contributed by atoms with van der Waals surface area (Å²) in [6, 6.07) is 5.42. The highest BCUT2D eigenvalue weighted by molar-refractivity contribution is 9.10. The largest absolute Gasteiger partial charge is 0.315 e. The molecule has 1 fully saturated rings. The lowest BCUT2D eigenvalue weighted by molar-refractivity contribution is 0.387. The van der Waals surface area contributed by atoms with Gasteiger partial charge in [-0.3, -0.25) is 0 Å². The Morgan fingerprint density at radius 3 is 2.78 bits per heavy atom. The third-order valence-electron chi connectivity index (χ3n) is 3.29. The van der Waals surface area contributed by atoms with E-state index < -0.39 is 10.0 Å². The van der Waals surface area contributed by atoms with E-state index in [2.05, 4.69) is 21.2 Å². The minimum atomic E-state index is -3.43. The van der Waals surface area contributed by atoms with Gasteiger partial charge in [0.25, 0.3) is 0 Å². The number of hydrogen-bond acceptors (Lipinski definition) is 3. The lowest BCUT2D eigenvalue weighted by atomic mass is 10.2. The Morgan fingerprint density at radius 2 is 2.17 bits per heavy atom. The van der Waals surface area contributed by atoms with Crippen molar-refractivity contribution in [3.8, 4) is 0 Å². The minimum Gasteiger partial charge on any atom is -0.315 e. The molecule has 0 aromatic heterocycles. The van der Waals surface area contributed by atoms with Gasteiger partial charge in [-0.2, -0.15) is 4.31 Å². The molecule has 0 bridgehead atoms. The summed E-state index contributed by atoms with van der Waals surface area (Å²) in [6.07, 6.45) is 0.860. The summed E-state index contributed by atoms with van der Waals surface area (Å²) in [5.74, 6) is 0. The van der Waals surface area contributed by atoms with Crippen LogP contribution in [0.15, 0.2) is 27.6 Å². The molecule has 1 unspecified atom stereocenters. The Labute approximate surface area is 117 Å². The van der Waals surface area contributed by atoms with Crippen LogP contribution in [0, 0.1) is 6.92 Å². The Bertz CT molecular complexity index is 539. The fourth-order valence-electron chi connectivity index (χ4n) is 2.11. The predicted octanol–water partition coefficient (Wildman–Crippen LogP) is 1.74. The average molecular weight is 333 g/mol. The highest BCUT2D eigenvalue weighted by Gasteiger charge is 2.31. The molecular formula is C12H17BrN2O2S. The molecule has 0 amide bonds. The van der Waals surface area contributed by atoms with Gasteiger partial charge < -0.3 is 5.32 Å². The number of benzene rings is 1. The average Bonchev–Trinajstić information content (AvgIpc) is 2.84. The fraction of sp³-hybridized carbons (Fsp3) is 0.500. The van der Waals surface area contributed by atoms with Crippen LogP contribution in [0.3, 0.4) is 0 Å². The van der Waals surface area contributed by atoms with E-state index in [9.17, 15) is 8.42 Å². The van der Waals surface area contributed by atoms with Crippen LogP contribution in [0.5, 0.6) is 0 Å². The lowest BCUT2D eigenvalue weighted by Crippen LogP contribution is -2.38. The normalized spacial score (nSPS) is 20.6. The molecular weight excluding hydrogens is 316 g/mol. The van der Waals surface area contributed by atoms with Crippen molar-refractivity contribution in [2.24, 2.45) is 0 Å². The van der Waals surface area contributed by atoms with Gasteiger partial charge in [-0.05, 0) is 53.5 Å². The van der Waals surface area contributed by atoms with E-state index in [1.54, 1.807) is 19.2 Å². The smallest absolute Gasteiger partial charge is 0.244 e. The number of rotatable bonds is 3. The van der Waals surface area contributed by atoms with E-state index in [1.807, 2.05) is 13.0 Å². The first kappa shape index (κ1) is 14.0. The van der Waals surface area contributed by atoms with Gasteiger partial charge in [0.15, 0.2) is 0 Å². The van der Waals surface area contributed by atoms with Gasteiger partial charge in [0, 0.05) is 24.1 Å². The van der Waals surface area contributed by atoms with Crippen molar-refractivity contribution in [3.63, 3.8) is 0 Å². The van der Waals surface area contributed by atoms with Crippen LogP contribution in [-0.2, 0) is 10.0 Å². The maximum atomic E-state index is 12.6. The van der Waals surface area contributed by atoms with Crippen molar-refractivity contribution in [1.82, 2.24) is 9.62 Å². The van der Waals surface area contributed by atoms with E-state index in [4.69, 9.17) is 0 Å². The van der Waals surface area contributed by atoms with Crippen molar-refractivity contribution >= 4 is 26.0 Å². The Hall–Kier alpha value is -0.430. The number of hydrogen-bond donors (Lipinski definition) is 1. The molecule has 0 radical (unpaired) electrons. The Kier molecular flexibility index (Phi) is 4.11. The number of sulfonamides is 1. The summed E-state index contributed by atoms with van der Waals surface area (Å²) in [6.45, 7) is 3.49. The second-order valence-corrected chi connectivity index (χ2v) is 7.42. The van der Waals surface area contributed by atoms with Crippen molar-refractivity contribution in [3.05, 3.63) is 28.2 Å². The molecule has 4 nitrogen and oxygen atoms in total. The van der Waals surface area contributed by atoms with E-state index >= 15 is 0 Å². The summed E-state index contributed by atoms with van der Waals surface area (Å²) >= 11 is 3.32. The zero-order valence-corrected chi connectivity index (χ0v) is 12.9. The molecule has 1 aromatic carbocycles. The third kappa shape index (κ3) is 2.61. The summed E-state index contributed by atoms with van der Waals surface area (Å²) in [5, 5.41) is 3.18. The molecule has 0 saturated carbocycles. The van der Waals surface area contributed by atoms with E-state index in [0.29, 0.717) is 9.37 Å². The van der Waals surface area contributed by atoms with Crippen LogP contribution < -0.4 is 5.32 Å². The third-order valence-corrected chi connectivity index (χ3v) is 6.20. The monoisotopic (exact) mass is 332 g/mol. The molecule has 1 saturated heterocycles. The molecule has 0 aliphatic carbocycles. The fourth-order valence-corrected chi connectivity index (χ4v) is 4.50. The zero-order chi connectivity index (χ0) is 13.3. The second-order valence-electron chi connectivity index (χ2n) is 4.60. The number of nitrogens with zero attached hydrogens (tertiary/aromatic N) is 1. The van der Waals surface area contributed by atoms with Gasteiger partial charge in [-0.15, -0.1) is 0 Å². The molecule has 18 heavy (non-hydrogen) atoms. The van der Waals surface area contributed by atoms with Crippen LogP contribution >= 0.6 is 15.9 Å². The maximum absolute atomic E-state index is 12.6. The molecule has 1 aliphatic heterocycles. The number of aryl methyl sites for hydroxylation is 1. The number of nitrogens with one attached hydrogen (secondary N) is 1. The zero-order valence-electron chi connectivity index (χ0n) is 10.5. The Morgan fingerprint density at radius 1 is 1.44 bits per heavy atom. The second kappa shape index (κ2) is 5.28. The molecule has 6 heteroatoms. The molecule has 2 rings (SSSR count). The first-order valence-corrected chi connectivity index (χ1v) is 8.11. The predicted molar refractivity (Wildman–Crippen MR) is 75.1 cm³/mol. The summed E-state index contributed by atoms with van der Waals surface area (Å²) < 4.78 is 27.2. The van der Waals surface area contributed by atoms with Crippen LogP contribution in [0.25, 0.3) is 0 Å². The highest BCUT2D eigenvalue weighted by atomic mass is 79.9. The first-order chi connectivity index (χ1) is 8.43. The summed E-state index contributed by atoms with van der Waals surface area (Å²) in [4.78, 5) is 0.344. The van der Waals surface area contributed by atoms with Crippen LogP contribution in [-0.4, -0.2) is 38.9 Å². The first-order valence-electron chi connectivity index (χ1n) is 5.88. The van der Waals surface area contributed by atoms with Gasteiger partial charge in [0.2, 0.25) is 10.0 Å². The topological polar surface area (TPSA) is 49.4 Å². The maximum Gasteiger partial charge on any atom is 0.244 e. The number of halogens is 1. The van der Waals surface area contributed by atoms with E-state index in [1.165, 1.54) is 4.31 Å². The molecule has 0 spiro atoms. The molecule has 1 heterocycles. The SMILES string of the molecule is Cc1ccc(Br)c(S(=O)(=O)N(C)C2CCNC2)c1. The molecule has 1 N–H and O–H groups in total. The quantitative estimate of drug-likeness (QED) is 0.917. The molecule has 100 valence electrons. The molecule has 1 aromatic rings. The number of likely N-dealkylation sites (N-methyl/N-ethyl adjacent to an activating group) is 1. The van der Waals surface area contributed by atoms with Crippen molar-refractivity contribution in [2.75, 3.05) is 20.1 Å². The van der Waals surface area contributed by atoms with Gasteiger partial charge in [0.1, 0.15) is 0 Å². The van der Waals surface area contributed by atoms with Gasteiger partial charge in [-0.1, -0.05) is 6.07 Å². The van der Waals surface area contributed by atoms with Crippen molar-refractivity contribution in [1.29, 1.82) is 0 Å².